The SMILES string of the molecule is CCC1CC2CCCC(C2)C12OOC1(CC(OC(C)=O)CC(OC(C)=O)C1)O2. The van der Waals surface area contributed by atoms with Crippen molar-refractivity contribution in [2.45, 2.75) is 102 Å². The van der Waals surface area contributed by atoms with Crippen LogP contribution in [0.3, 0.4) is 0 Å². The van der Waals surface area contributed by atoms with Gasteiger partial charge in [0.2, 0.25) is 11.6 Å². The van der Waals surface area contributed by atoms with Crippen molar-refractivity contribution in [2.24, 2.45) is 17.8 Å². The van der Waals surface area contributed by atoms with Gasteiger partial charge in [-0.2, -0.15) is 9.78 Å². The first-order chi connectivity index (χ1) is 13.3. The summed E-state index contributed by atoms with van der Waals surface area (Å²) in [4.78, 5) is 35.1. The number of fused-ring (bicyclic) bond motifs is 3. The largest absolute Gasteiger partial charge is 0.462 e. The minimum atomic E-state index is -1.05. The number of ether oxygens (including phenoxy) is 3. The molecule has 158 valence electrons. The van der Waals surface area contributed by atoms with Crippen LogP contribution in [0, 0.1) is 17.8 Å². The minimum Gasteiger partial charge on any atom is -0.462 e. The second-order valence-electron chi connectivity index (χ2n) is 9.08. The fraction of sp³-hybridized carbons (Fsp3) is 0.905. The molecule has 1 aliphatic heterocycles. The maximum absolute atomic E-state index is 11.5. The summed E-state index contributed by atoms with van der Waals surface area (Å²) < 4.78 is 17.6. The van der Waals surface area contributed by atoms with Gasteiger partial charge < -0.3 is 14.2 Å². The van der Waals surface area contributed by atoms with Gasteiger partial charge in [0.25, 0.3) is 0 Å². The molecule has 0 aromatic heterocycles. The van der Waals surface area contributed by atoms with E-state index in [1.54, 1.807) is 0 Å². The van der Waals surface area contributed by atoms with Crippen LogP contribution in [0.15, 0.2) is 0 Å². The summed E-state index contributed by atoms with van der Waals surface area (Å²) in [6.07, 6.45) is 7.08. The zero-order valence-corrected chi connectivity index (χ0v) is 17.1. The van der Waals surface area contributed by atoms with Crippen LogP contribution in [-0.2, 0) is 33.6 Å². The molecule has 28 heavy (non-hydrogen) atoms. The van der Waals surface area contributed by atoms with E-state index in [1.165, 1.54) is 26.7 Å². The summed E-state index contributed by atoms with van der Waals surface area (Å²) in [5, 5.41) is 0. The molecule has 1 saturated heterocycles. The third-order valence-electron chi connectivity index (χ3n) is 6.97. The molecular weight excluding hydrogens is 364 g/mol. The predicted octanol–water partition coefficient (Wildman–Crippen LogP) is 3.64. The van der Waals surface area contributed by atoms with Crippen LogP contribution in [0.4, 0.5) is 0 Å². The van der Waals surface area contributed by atoms with Crippen molar-refractivity contribution in [3.63, 3.8) is 0 Å². The maximum atomic E-state index is 11.5. The van der Waals surface area contributed by atoms with Crippen LogP contribution in [0.2, 0.25) is 0 Å². The van der Waals surface area contributed by atoms with Crippen molar-refractivity contribution in [3.8, 4) is 0 Å². The van der Waals surface area contributed by atoms with Crippen molar-refractivity contribution in [3.05, 3.63) is 0 Å². The number of hydrogen-bond donors (Lipinski definition) is 0. The first-order valence-corrected chi connectivity index (χ1v) is 10.8. The molecule has 0 amide bonds. The normalized spacial score (nSPS) is 45.2. The summed E-state index contributed by atoms with van der Waals surface area (Å²) in [6.45, 7) is 4.94. The Morgan fingerprint density at radius 2 is 1.64 bits per heavy atom. The smallest absolute Gasteiger partial charge is 0.302 e. The quantitative estimate of drug-likeness (QED) is 0.532. The number of hydrogen-bond acceptors (Lipinski definition) is 7. The number of rotatable bonds is 3. The van der Waals surface area contributed by atoms with Crippen LogP contribution in [0.25, 0.3) is 0 Å². The summed E-state index contributed by atoms with van der Waals surface area (Å²) in [7, 11) is 0. The maximum Gasteiger partial charge on any atom is 0.302 e. The van der Waals surface area contributed by atoms with Gasteiger partial charge in [-0.05, 0) is 31.6 Å². The highest BCUT2D eigenvalue weighted by Gasteiger charge is 2.64. The van der Waals surface area contributed by atoms with Crippen LogP contribution in [0.1, 0.15) is 78.6 Å². The summed E-state index contributed by atoms with van der Waals surface area (Å²) >= 11 is 0. The molecule has 0 N–H and O–H groups in total. The second-order valence-corrected chi connectivity index (χ2v) is 9.08. The van der Waals surface area contributed by atoms with E-state index < -0.39 is 23.8 Å². The first-order valence-electron chi connectivity index (χ1n) is 10.8. The molecule has 0 radical (unpaired) electrons. The van der Waals surface area contributed by atoms with Crippen LogP contribution in [-0.4, -0.2) is 35.7 Å². The lowest BCUT2D eigenvalue weighted by molar-refractivity contribution is -0.383. The minimum absolute atomic E-state index is 0.275. The Morgan fingerprint density at radius 3 is 2.25 bits per heavy atom. The fourth-order valence-corrected chi connectivity index (χ4v) is 6.03. The van der Waals surface area contributed by atoms with E-state index in [4.69, 9.17) is 24.0 Å². The van der Waals surface area contributed by atoms with E-state index in [0.717, 1.165) is 31.6 Å². The molecule has 0 aromatic carbocycles. The molecule has 4 fully saturated rings. The van der Waals surface area contributed by atoms with Crippen molar-refractivity contribution >= 4 is 11.9 Å². The number of esters is 2. The Kier molecular flexibility index (Phi) is 5.44. The van der Waals surface area contributed by atoms with Crippen LogP contribution in [0.5, 0.6) is 0 Å². The van der Waals surface area contributed by atoms with Crippen LogP contribution >= 0.6 is 0 Å². The Balaban J connectivity index is 1.58. The molecule has 7 nitrogen and oxygen atoms in total. The van der Waals surface area contributed by atoms with Crippen LogP contribution < -0.4 is 0 Å². The van der Waals surface area contributed by atoms with Gasteiger partial charge in [-0.15, -0.1) is 0 Å². The molecule has 7 heteroatoms. The third kappa shape index (κ3) is 3.68. The average Bonchev–Trinajstić information content (AvgIpc) is 2.96. The molecular formula is C21H32O7. The van der Waals surface area contributed by atoms with Crippen molar-refractivity contribution in [1.82, 2.24) is 0 Å². The van der Waals surface area contributed by atoms with Gasteiger partial charge in [-0.25, -0.2) is 0 Å². The van der Waals surface area contributed by atoms with Gasteiger partial charge in [-0.1, -0.05) is 19.8 Å². The Morgan fingerprint density at radius 1 is 0.964 bits per heavy atom. The molecule has 4 aliphatic rings. The molecule has 6 atom stereocenters. The highest BCUT2D eigenvalue weighted by atomic mass is 17.3. The fourth-order valence-electron chi connectivity index (χ4n) is 6.03. The highest BCUT2D eigenvalue weighted by Crippen LogP contribution is 2.58. The van der Waals surface area contributed by atoms with Crippen molar-refractivity contribution in [1.29, 1.82) is 0 Å². The Bertz CT molecular complexity index is 592. The lowest BCUT2D eigenvalue weighted by atomic mass is 9.63. The highest BCUT2D eigenvalue weighted by molar-refractivity contribution is 5.66. The van der Waals surface area contributed by atoms with Gasteiger partial charge in [-0.3, -0.25) is 9.59 Å². The third-order valence-corrected chi connectivity index (χ3v) is 6.97. The zero-order chi connectivity index (χ0) is 19.9. The van der Waals surface area contributed by atoms with Crippen molar-refractivity contribution < 1.29 is 33.6 Å². The van der Waals surface area contributed by atoms with Gasteiger partial charge in [0.15, 0.2) is 0 Å². The molecule has 0 aromatic rings. The average molecular weight is 396 g/mol. The van der Waals surface area contributed by atoms with E-state index >= 15 is 0 Å². The summed E-state index contributed by atoms with van der Waals surface area (Å²) in [6, 6.07) is 0. The van der Waals surface area contributed by atoms with E-state index in [2.05, 4.69) is 6.92 Å². The standard InChI is InChI=1S/C21H32O7/c1-4-16-8-15-6-5-7-17(9-15)21(16)26-20(27-28-21)11-18(24-13(2)22)10-19(12-20)25-14(3)23/h15-19H,4-12H2,1-3H3. The summed E-state index contributed by atoms with van der Waals surface area (Å²) in [5.74, 6) is -1.19. The first kappa shape index (κ1) is 20.1. The second kappa shape index (κ2) is 7.58. The van der Waals surface area contributed by atoms with Crippen molar-refractivity contribution in [2.75, 3.05) is 0 Å². The monoisotopic (exact) mass is 396 g/mol. The number of carbonyl (C=O) groups excluding carboxylic acids is 2. The van der Waals surface area contributed by atoms with Gasteiger partial charge >= 0.3 is 11.9 Å². The van der Waals surface area contributed by atoms with E-state index in [-0.39, 0.29) is 17.9 Å². The Hall–Kier alpha value is -1.18. The van der Waals surface area contributed by atoms with Gasteiger partial charge in [0.1, 0.15) is 12.2 Å². The Labute approximate surface area is 166 Å². The van der Waals surface area contributed by atoms with Gasteiger partial charge in [0.05, 0.1) is 0 Å². The summed E-state index contributed by atoms with van der Waals surface area (Å²) in [5.41, 5.74) is 0. The molecule has 2 spiro atoms. The number of carbonyl (C=O) groups is 2. The molecule has 3 aliphatic carbocycles. The van der Waals surface area contributed by atoms with E-state index in [0.29, 0.717) is 25.2 Å². The molecule has 1 heterocycles. The topological polar surface area (TPSA) is 80.3 Å². The van der Waals surface area contributed by atoms with E-state index in [1.807, 2.05) is 0 Å². The molecule has 3 saturated carbocycles. The molecule has 2 bridgehead atoms. The lowest BCUT2D eigenvalue weighted by Crippen LogP contribution is -2.55. The molecule has 4 rings (SSSR count). The zero-order valence-electron chi connectivity index (χ0n) is 17.1. The van der Waals surface area contributed by atoms with E-state index in [9.17, 15) is 9.59 Å². The lowest BCUT2D eigenvalue weighted by Gasteiger charge is -2.50. The van der Waals surface area contributed by atoms with Gasteiger partial charge in [0, 0.05) is 44.9 Å². The molecule has 6 unspecified atom stereocenters. The predicted molar refractivity (Wildman–Crippen MR) is 97.5 cm³/mol.